The van der Waals surface area contributed by atoms with Crippen molar-refractivity contribution in [3.63, 3.8) is 0 Å². The quantitative estimate of drug-likeness (QED) is 0.526. The van der Waals surface area contributed by atoms with Gasteiger partial charge in [0.1, 0.15) is 0 Å². The highest BCUT2D eigenvalue weighted by atomic mass is 19.4. The van der Waals surface area contributed by atoms with Crippen molar-refractivity contribution in [3.8, 4) is 0 Å². The Hall–Kier alpha value is -2.09. The van der Waals surface area contributed by atoms with Crippen LogP contribution in [-0.2, 0) is 15.7 Å². The Kier molecular flexibility index (Phi) is 6.16. The Bertz CT molecular complexity index is 516. The zero-order chi connectivity index (χ0) is 15.9. The minimum atomic E-state index is -4.51. The van der Waals surface area contributed by atoms with Gasteiger partial charge in [-0.3, -0.25) is 10.1 Å². The minimum Gasteiger partial charge on any atom is -0.468 e. The van der Waals surface area contributed by atoms with Gasteiger partial charge in [-0.2, -0.15) is 13.2 Å². The molecule has 21 heavy (non-hydrogen) atoms. The first-order chi connectivity index (χ1) is 9.88. The highest BCUT2D eigenvalue weighted by Gasteiger charge is 2.30. The predicted octanol–water partition coefficient (Wildman–Crippen LogP) is 2.08. The Balaban J connectivity index is 2.81. The van der Waals surface area contributed by atoms with Gasteiger partial charge in [0, 0.05) is 12.7 Å². The highest BCUT2D eigenvalue weighted by Crippen LogP contribution is 2.29. The molecule has 0 fully saturated rings. The summed E-state index contributed by atoms with van der Waals surface area (Å²) in [6.45, 7) is 0.578. The van der Waals surface area contributed by atoms with Crippen LogP contribution in [0, 0.1) is 0 Å². The van der Waals surface area contributed by atoms with Crippen molar-refractivity contribution in [3.05, 3.63) is 35.4 Å². The molecule has 8 heteroatoms. The fourth-order valence-corrected chi connectivity index (χ4v) is 1.40. The maximum Gasteiger partial charge on any atom is 0.416 e. The lowest BCUT2D eigenvalue weighted by Crippen LogP contribution is -2.32. The number of hydrogen-bond acceptors (Lipinski definition) is 4. The monoisotopic (exact) mass is 304 g/mol. The summed E-state index contributed by atoms with van der Waals surface area (Å²) < 4.78 is 47.3. The summed E-state index contributed by atoms with van der Waals surface area (Å²) in [5, 5.41) is 2.29. The molecule has 1 rings (SSSR count). The predicted molar refractivity (Wildman–Crippen MR) is 70.1 cm³/mol. The second kappa shape index (κ2) is 7.63. The molecule has 0 heterocycles. The van der Waals surface area contributed by atoms with E-state index in [1.165, 1.54) is 20.3 Å². The van der Waals surface area contributed by atoms with Gasteiger partial charge in [0.2, 0.25) is 0 Å². The van der Waals surface area contributed by atoms with E-state index in [1.807, 2.05) is 0 Å². The highest BCUT2D eigenvalue weighted by molar-refractivity contribution is 6.04. The van der Waals surface area contributed by atoms with Crippen LogP contribution in [0.5, 0.6) is 0 Å². The molecule has 0 radical (unpaired) electrons. The molecule has 0 aliphatic carbocycles. The number of nitrogens with one attached hydrogen (secondary N) is 1. The van der Waals surface area contributed by atoms with Crippen LogP contribution in [0.3, 0.4) is 0 Å². The Labute approximate surface area is 119 Å². The van der Waals surface area contributed by atoms with Gasteiger partial charge < -0.3 is 9.47 Å². The number of rotatable bonds is 4. The first-order valence-corrected chi connectivity index (χ1v) is 5.94. The largest absolute Gasteiger partial charge is 0.468 e. The zero-order valence-corrected chi connectivity index (χ0v) is 11.5. The molecule has 0 aliphatic heterocycles. The van der Waals surface area contributed by atoms with E-state index in [0.29, 0.717) is 6.61 Å². The number of methoxy groups -OCH3 is 2. The number of ether oxygens (including phenoxy) is 2. The third kappa shape index (κ3) is 5.42. The van der Waals surface area contributed by atoms with Crippen molar-refractivity contribution in [1.82, 2.24) is 5.32 Å². The van der Waals surface area contributed by atoms with E-state index in [4.69, 9.17) is 9.47 Å². The SMILES string of the molecule is COCCN=C(NC(=O)c1cccc(C(F)(F)F)c1)OC. The summed E-state index contributed by atoms with van der Waals surface area (Å²) in [6.07, 6.45) is -4.51. The van der Waals surface area contributed by atoms with E-state index in [0.717, 1.165) is 18.2 Å². The second-order valence-electron chi connectivity index (χ2n) is 3.92. The molecule has 0 spiro atoms. The third-order valence-electron chi connectivity index (χ3n) is 2.42. The number of nitrogens with zero attached hydrogens (tertiary/aromatic N) is 1. The minimum absolute atomic E-state index is 0.0885. The average Bonchev–Trinajstić information content (AvgIpc) is 2.45. The number of carbonyl (C=O) groups is 1. The fourth-order valence-electron chi connectivity index (χ4n) is 1.40. The summed E-state index contributed by atoms with van der Waals surface area (Å²) >= 11 is 0. The average molecular weight is 304 g/mol. The first kappa shape index (κ1) is 17.0. The van der Waals surface area contributed by atoms with Crippen molar-refractivity contribution in [2.75, 3.05) is 27.4 Å². The number of amides is 1. The van der Waals surface area contributed by atoms with Crippen LogP contribution >= 0.6 is 0 Å². The number of amidine groups is 1. The van der Waals surface area contributed by atoms with Crippen molar-refractivity contribution < 1.29 is 27.4 Å². The van der Waals surface area contributed by atoms with Gasteiger partial charge >= 0.3 is 6.18 Å². The summed E-state index contributed by atoms with van der Waals surface area (Å²) in [5.74, 6) is -0.737. The molecular formula is C13H15F3N2O3. The fraction of sp³-hybridized carbons (Fsp3) is 0.385. The third-order valence-corrected chi connectivity index (χ3v) is 2.42. The normalized spacial score (nSPS) is 12.1. The van der Waals surface area contributed by atoms with Crippen LogP contribution in [-0.4, -0.2) is 39.3 Å². The summed E-state index contributed by atoms with van der Waals surface area (Å²) in [5.41, 5.74) is -1.04. The molecule has 116 valence electrons. The molecule has 1 N–H and O–H groups in total. The topological polar surface area (TPSA) is 59.9 Å². The van der Waals surface area contributed by atoms with E-state index in [2.05, 4.69) is 10.3 Å². The molecule has 5 nitrogen and oxygen atoms in total. The Morgan fingerprint density at radius 1 is 1.33 bits per heavy atom. The molecule has 1 aromatic carbocycles. The van der Waals surface area contributed by atoms with Gasteiger partial charge in [-0.25, -0.2) is 4.99 Å². The van der Waals surface area contributed by atoms with Crippen LogP contribution in [0.2, 0.25) is 0 Å². The van der Waals surface area contributed by atoms with Gasteiger partial charge in [-0.1, -0.05) is 6.07 Å². The van der Waals surface area contributed by atoms with Gasteiger partial charge in [0.15, 0.2) is 0 Å². The van der Waals surface area contributed by atoms with E-state index in [9.17, 15) is 18.0 Å². The van der Waals surface area contributed by atoms with Crippen molar-refractivity contribution in [2.45, 2.75) is 6.18 Å². The first-order valence-electron chi connectivity index (χ1n) is 5.94. The molecular weight excluding hydrogens is 289 g/mol. The molecule has 1 amide bonds. The smallest absolute Gasteiger partial charge is 0.416 e. The lowest BCUT2D eigenvalue weighted by molar-refractivity contribution is -0.137. The van der Waals surface area contributed by atoms with Gasteiger partial charge in [-0.15, -0.1) is 0 Å². The molecule has 0 saturated heterocycles. The maximum atomic E-state index is 12.6. The van der Waals surface area contributed by atoms with Crippen molar-refractivity contribution in [1.29, 1.82) is 0 Å². The van der Waals surface area contributed by atoms with E-state index < -0.39 is 17.6 Å². The number of aliphatic imine (C=N–C) groups is 1. The number of alkyl halides is 3. The summed E-state index contributed by atoms with van der Waals surface area (Å²) in [6, 6.07) is 3.99. The lowest BCUT2D eigenvalue weighted by Gasteiger charge is -2.10. The van der Waals surface area contributed by atoms with E-state index in [1.54, 1.807) is 0 Å². The van der Waals surface area contributed by atoms with E-state index in [-0.39, 0.29) is 18.1 Å². The second-order valence-corrected chi connectivity index (χ2v) is 3.92. The standard InChI is InChI=1S/C13H15F3N2O3/c1-20-7-6-17-12(21-2)18-11(19)9-4-3-5-10(8-9)13(14,15)16/h3-5,8H,6-7H2,1-2H3,(H,17,18,19). The number of carbonyl (C=O) groups excluding carboxylic acids is 1. The number of hydrogen-bond donors (Lipinski definition) is 1. The van der Waals surface area contributed by atoms with Crippen LogP contribution in [0.1, 0.15) is 15.9 Å². The molecule has 0 aliphatic rings. The Morgan fingerprint density at radius 3 is 2.62 bits per heavy atom. The molecule has 0 bridgehead atoms. The number of halogens is 3. The molecule has 0 saturated carbocycles. The van der Waals surface area contributed by atoms with Crippen molar-refractivity contribution in [2.24, 2.45) is 4.99 Å². The molecule has 0 atom stereocenters. The molecule has 0 unspecified atom stereocenters. The summed E-state index contributed by atoms with van der Waals surface area (Å²) in [7, 11) is 2.78. The maximum absolute atomic E-state index is 12.6. The lowest BCUT2D eigenvalue weighted by atomic mass is 10.1. The van der Waals surface area contributed by atoms with Crippen LogP contribution in [0.15, 0.2) is 29.3 Å². The summed E-state index contributed by atoms with van der Waals surface area (Å²) in [4.78, 5) is 15.7. The van der Waals surface area contributed by atoms with Crippen LogP contribution in [0.25, 0.3) is 0 Å². The van der Waals surface area contributed by atoms with Crippen LogP contribution < -0.4 is 5.32 Å². The molecule has 0 aromatic heterocycles. The zero-order valence-electron chi connectivity index (χ0n) is 11.5. The van der Waals surface area contributed by atoms with Gasteiger partial charge in [0.25, 0.3) is 11.9 Å². The van der Waals surface area contributed by atoms with E-state index >= 15 is 0 Å². The number of benzene rings is 1. The van der Waals surface area contributed by atoms with Gasteiger partial charge in [-0.05, 0) is 18.2 Å². The van der Waals surface area contributed by atoms with Crippen LogP contribution in [0.4, 0.5) is 13.2 Å². The van der Waals surface area contributed by atoms with Crippen molar-refractivity contribution >= 4 is 11.9 Å². The Morgan fingerprint density at radius 2 is 2.05 bits per heavy atom. The molecule has 1 aromatic rings. The van der Waals surface area contributed by atoms with Gasteiger partial charge in [0.05, 0.1) is 25.8 Å².